The van der Waals surface area contributed by atoms with Gasteiger partial charge in [0.05, 0.1) is 18.1 Å². The number of ether oxygens (including phenoxy) is 1. The lowest BCUT2D eigenvalue weighted by molar-refractivity contribution is -0.119. The smallest absolute Gasteiger partial charge is 0.230 e. The molecule has 5 nitrogen and oxygen atoms in total. The van der Waals surface area contributed by atoms with E-state index >= 15 is 0 Å². The third kappa shape index (κ3) is 4.98. The quantitative estimate of drug-likeness (QED) is 0.776. The summed E-state index contributed by atoms with van der Waals surface area (Å²) < 4.78 is 7.30. The first-order valence-electron chi connectivity index (χ1n) is 8.47. The zero-order chi connectivity index (χ0) is 16.8. The minimum atomic E-state index is 0.116. The van der Waals surface area contributed by atoms with E-state index in [4.69, 9.17) is 4.74 Å². The second-order valence-corrected chi connectivity index (χ2v) is 7.38. The summed E-state index contributed by atoms with van der Waals surface area (Å²) in [5.74, 6) is 1.13. The molecule has 130 valence electrons. The van der Waals surface area contributed by atoms with Gasteiger partial charge in [0.1, 0.15) is 0 Å². The van der Waals surface area contributed by atoms with Crippen molar-refractivity contribution < 1.29 is 9.53 Å². The topological polar surface area (TPSA) is 56.1 Å². The molecule has 1 aliphatic carbocycles. The molecule has 2 rings (SSSR count). The fraction of sp³-hybridized carbons (Fsp3) is 0.765. The van der Waals surface area contributed by atoms with Crippen LogP contribution in [0.2, 0.25) is 0 Å². The maximum Gasteiger partial charge on any atom is 0.230 e. The largest absolute Gasteiger partial charge is 0.383 e. The average Bonchev–Trinajstić information content (AvgIpc) is 2.80. The van der Waals surface area contributed by atoms with Crippen LogP contribution in [0.3, 0.4) is 0 Å². The number of thioether (sulfide) groups is 1. The van der Waals surface area contributed by atoms with Gasteiger partial charge >= 0.3 is 0 Å². The van der Waals surface area contributed by atoms with Crippen LogP contribution in [0.1, 0.15) is 44.0 Å². The van der Waals surface area contributed by atoms with Crippen molar-refractivity contribution in [3.63, 3.8) is 0 Å². The Balaban J connectivity index is 1.89. The molecule has 0 unspecified atom stereocenters. The Bertz CT molecular complexity index is 530. The molecule has 1 aliphatic rings. The van der Waals surface area contributed by atoms with Crippen LogP contribution >= 0.6 is 11.8 Å². The second kappa shape index (κ2) is 8.73. The third-order valence-corrected chi connectivity index (χ3v) is 5.71. The fourth-order valence-corrected chi connectivity index (χ4v) is 4.02. The lowest BCUT2D eigenvalue weighted by Gasteiger charge is -2.29. The van der Waals surface area contributed by atoms with E-state index in [0.717, 1.165) is 29.5 Å². The highest BCUT2D eigenvalue weighted by atomic mass is 32.2. The zero-order valence-corrected chi connectivity index (χ0v) is 15.5. The van der Waals surface area contributed by atoms with Gasteiger partial charge in [-0.3, -0.25) is 4.79 Å². The number of nitrogens with zero attached hydrogens (tertiary/aromatic N) is 2. The van der Waals surface area contributed by atoms with E-state index in [1.54, 1.807) is 7.11 Å². The molecule has 1 amide bonds. The summed E-state index contributed by atoms with van der Waals surface area (Å²) >= 11 is 1.51. The molecule has 1 aromatic rings. The van der Waals surface area contributed by atoms with Crippen LogP contribution in [0.5, 0.6) is 0 Å². The molecule has 1 N–H and O–H groups in total. The molecular weight excluding hydrogens is 310 g/mol. The Morgan fingerprint density at radius 3 is 2.83 bits per heavy atom. The molecule has 0 spiro atoms. The number of carbonyl (C=O) groups excluding carboxylic acids is 1. The van der Waals surface area contributed by atoms with E-state index in [2.05, 4.69) is 28.7 Å². The van der Waals surface area contributed by atoms with Crippen molar-refractivity contribution in [3.8, 4) is 0 Å². The predicted molar refractivity (Wildman–Crippen MR) is 93.9 cm³/mol. The van der Waals surface area contributed by atoms with Crippen LogP contribution in [0.15, 0.2) is 5.16 Å². The van der Waals surface area contributed by atoms with Crippen LogP contribution in [-0.2, 0) is 16.1 Å². The van der Waals surface area contributed by atoms with Gasteiger partial charge in [0.25, 0.3) is 0 Å². The minimum absolute atomic E-state index is 0.116. The highest BCUT2D eigenvalue weighted by molar-refractivity contribution is 7.99. The minimum Gasteiger partial charge on any atom is -0.383 e. The number of nitrogens with one attached hydrogen (secondary N) is 1. The summed E-state index contributed by atoms with van der Waals surface area (Å²) in [6.07, 6.45) is 4.84. The van der Waals surface area contributed by atoms with E-state index in [-0.39, 0.29) is 5.91 Å². The van der Waals surface area contributed by atoms with Crippen molar-refractivity contribution in [2.75, 3.05) is 19.5 Å². The average molecular weight is 340 g/mol. The van der Waals surface area contributed by atoms with Gasteiger partial charge in [0.2, 0.25) is 5.91 Å². The highest BCUT2D eigenvalue weighted by Gasteiger charge is 2.23. The first-order valence-corrected chi connectivity index (χ1v) is 9.46. The molecule has 0 radical (unpaired) electrons. The van der Waals surface area contributed by atoms with Crippen molar-refractivity contribution in [3.05, 3.63) is 11.4 Å². The number of aromatic nitrogens is 2. The zero-order valence-electron chi connectivity index (χ0n) is 14.7. The molecule has 0 saturated heterocycles. The Morgan fingerprint density at radius 1 is 1.39 bits per heavy atom. The number of imidazole rings is 1. The fourth-order valence-electron chi connectivity index (χ4n) is 3.09. The lowest BCUT2D eigenvalue weighted by Crippen LogP contribution is -2.41. The van der Waals surface area contributed by atoms with Crippen molar-refractivity contribution in [2.45, 2.75) is 64.2 Å². The van der Waals surface area contributed by atoms with Gasteiger partial charge < -0.3 is 14.6 Å². The van der Waals surface area contributed by atoms with Crippen LogP contribution in [-0.4, -0.2) is 41.0 Å². The molecular formula is C17H29N3O2S. The SMILES string of the molecule is COCCn1c(SCC(=O)N[C@H]2CCCC[C@@H]2C)nc(C)c1C. The van der Waals surface area contributed by atoms with Crippen molar-refractivity contribution >= 4 is 17.7 Å². The summed E-state index contributed by atoms with van der Waals surface area (Å²) in [6.45, 7) is 7.72. The number of methoxy groups -OCH3 is 1. The van der Waals surface area contributed by atoms with Gasteiger partial charge in [-0.25, -0.2) is 4.98 Å². The van der Waals surface area contributed by atoms with Gasteiger partial charge in [-0.05, 0) is 32.6 Å². The highest BCUT2D eigenvalue weighted by Crippen LogP contribution is 2.24. The standard InChI is InChI=1S/C17H29N3O2S/c1-12-7-5-6-8-15(12)19-16(21)11-23-17-18-13(2)14(3)20(17)9-10-22-4/h12,15H,5-11H2,1-4H3,(H,19,21)/t12-,15-/m0/s1. The molecule has 1 aromatic heterocycles. The van der Waals surface area contributed by atoms with Crippen molar-refractivity contribution in [1.29, 1.82) is 0 Å². The van der Waals surface area contributed by atoms with E-state index in [1.807, 2.05) is 6.92 Å². The number of aryl methyl sites for hydroxylation is 1. The van der Waals surface area contributed by atoms with E-state index in [0.29, 0.717) is 24.3 Å². The summed E-state index contributed by atoms with van der Waals surface area (Å²) in [4.78, 5) is 16.8. The van der Waals surface area contributed by atoms with Crippen LogP contribution < -0.4 is 5.32 Å². The molecule has 1 saturated carbocycles. The van der Waals surface area contributed by atoms with Crippen molar-refractivity contribution in [2.24, 2.45) is 5.92 Å². The maximum absolute atomic E-state index is 12.3. The van der Waals surface area contributed by atoms with Crippen molar-refractivity contribution in [1.82, 2.24) is 14.9 Å². The van der Waals surface area contributed by atoms with Crippen LogP contribution in [0, 0.1) is 19.8 Å². The predicted octanol–water partition coefficient (Wildman–Crippen LogP) is 2.93. The van der Waals surface area contributed by atoms with E-state index in [9.17, 15) is 4.79 Å². The monoisotopic (exact) mass is 339 g/mol. The van der Waals surface area contributed by atoms with E-state index < -0.39 is 0 Å². The number of carbonyl (C=O) groups is 1. The summed E-state index contributed by atoms with van der Waals surface area (Å²) in [5, 5.41) is 4.11. The summed E-state index contributed by atoms with van der Waals surface area (Å²) in [5.41, 5.74) is 2.16. The van der Waals surface area contributed by atoms with Gasteiger partial charge in [-0.1, -0.05) is 31.5 Å². The van der Waals surface area contributed by atoms with Crippen LogP contribution in [0.4, 0.5) is 0 Å². The lowest BCUT2D eigenvalue weighted by atomic mass is 9.86. The normalized spacial score (nSPS) is 21.4. The number of hydrogen-bond donors (Lipinski definition) is 1. The molecule has 0 aromatic carbocycles. The van der Waals surface area contributed by atoms with Gasteiger partial charge in [-0.15, -0.1) is 0 Å². The number of rotatable bonds is 7. The molecule has 0 aliphatic heterocycles. The second-order valence-electron chi connectivity index (χ2n) is 6.43. The summed E-state index contributed by atoms with van der Waals surface area (Å²) in [7, 11) is 1.70. The molecule has 23 heavy (non-hydrogen) atoms. The van der Waals surface area contributed by atoms with Gasteiger partial charge in [-0.2, -0.15) is 0 Å². The third-order valence-electron chi connectivity index (χ3n) is 4.73. The van der Waals surface area contributed by atoms with Crippen LogP contribution in [0.25, 0.3) is 0 Å². The first kappa shape index (κ1) is 18.3. The molecule has 0 bridgehead atoms. The number of hydrogen-bond acceptors (Lipinski definition) is 4. The Morgan fingerprint density at radius 2 is 2.13 bits per heavy atom. The van der Waals surface area contributed by atoms with Gasteiger partial charge in [0.15, 0.2) is 5.16 Å². The molecule has 6 heteroatoms. The molecule has 1 fully saturated rings. The maximum atomic E-state index is 12.3. The van der Waals surface area contributed by atoms with Gasteiger partial charge in [0, 0.05) is 25.4 Å². The first-order chi connectivity index (χ1) is 11.0. The Kier molecular flexibility index (Phi) is 6.96. The summed E-state index contributed by atoms with van der Waals surface area (Å²) in [6, 6.07) is 0.341. The molecule has 2 atom stereocenters. The molecule has 1 heterocycles. The van der Waals surface area contributed by atoms with E-state index in [1.165, 1.54) is 31.0 Å². The Labute approximate surface area is 143 Å². The number of amides is 1. The Hall–Kier alpha value is -1.01.